The number of ether oxygens (including phenoxy) is 1. The number of carbonyl (C=O) groups excluding carboxylic acids is 1. The van der Waals surface area contributed by atoms with Gasteiger partial charge in [0.2, 0.25) is 0 Å². The molecule has 0 radical (unpaired) electrons. The third-order valence-corrected chi connectivity index (χ3v) is 4.08. The van der Waals surface area contributed by atoms with Gasteiger partial charge in [-0.3, -0.25) is 4.79 Å². The van der Waals surface area contributed by atoms with E-state index in [9.17, 15) is 10.1 Å². The highest BCUT2D eigenvalue weighted by Crippen LogP contribution is 2.17. The number of hydrogen-bond acceptors (Lipinski definition) is 4. The van der Waals surface area contributed by atoms with E-state index in [-0.39, 0.29) is 5.57 Å². The van der Waals surface area contributed by atoms with Crippen molar-refractivity contribution >= 4 is 17.7 Å². The average Bonchev–Trinajstić information content (AvgIpc) is 2.72. The van der Waals surface area contributed by atoms with Gasteiger partial charge in [-0.2, -0.15) is 10.5 Å². The Hall–Kier alpha value is -3.57. The number of nitrogens with one attached hydrogen (secondary N) is 1. The van der Waals surface area contributed by atoms with Crippen LogP contribution in [0.3, 0.4) is 0 Å². The van der Waals surface area contributed by atoms with E-state index in [2.05, 4.69) is 12.2 Å². The van der Waals surface area contributed by atoms with Crippen molar-refractivity contribution in [3.63, 3.8) is 0 Å². The first-order valence-electron chi connectivity index (χ1n) is 9.24. The van der Waals surface area contributed by atoms with Gasteiger partial charge in [0, 0.05) is 5.69 Å². The third kappa shape index (κ3) is 6.30. The lowest BCUT2D eigenvalue weighted by atomic mass is 10.1. The zero-order valence-electron chi connectivity index (χ0n) is 16.1. The van der Waals surface area contributed by atoms with Gasteiger partial charge in [0.1, 0.15) is 23.5 Å². The summed E-state index contributed by atoms with van der Waals surface area (Å²) in [6.45, 7) is 3.81. The van der Waals surface area contributed by atoms with Crippen LogP contribution in [-0.2, 0) is 11.2 Å². The topological polar surface area (TPSA) is 85.9 Å². The van der Waals surface area contributed by atoms with E-state index in [4.69, 9.17) is 10.00 Å². The van der Waals surface area contributed by atoms with Crippen molar-refractivity contribution < 1.29 is 9.53 Å². The smallest absolute Gasteiger partial charge is 0.266 e. The lowest BCUT2D eigenvalue weighted by Gasteiger charge is -2.08. The van der Waals surface area contributed by atoms with E-state index in [1.54, 1.807) is 31.2 Å². The maximum atomic E-state index is 12.4. The number of aryl methyl sites for hydroxylation is 1. The Bertz CT molecular complexity index is 901. The Morgan fingerprint density at radius 3 is 2.39 bits per heavy atom. The molecule has 0 saturated heterocycles. The van der Waals surface area contributed by atoms with E-state index < -0.39 is 12.0 Å². The van der Waals surface area contributed by atoms with Crippen LogP contribution in [0.5, 0.6) is 5.75 Å². The van der Waals surface area contributed by atoms with Crippen molar-refractivity contribution in [3.8, 4) is 17.9 Å². The van der Waals surface area contributed by atoms with Crippen LogP contribution in [0.25, 0.3) is 6.08 Å². The fraction of sp³-hybridized carbons (Fsp3) is 0.261. The Kier molecular flexibility index (Phi) is 7.81. The van der Waals surface area contributed by atoms with E-state index in [0.717, 1.165) is 19.3 Å². The van der Waals surface area contributed by atoms with Crippen molar-refractivity contribution in [1.82, 2.24) is 0 Å². The van der Waals surface area contributed by atoms with Gasteiger partial charge in [0.15, 0.2) is 6.10 Å². The first-order valence-corrected chi connectivity index (χ1v) is 9.24. The van der Waals surface area contributed by atoms with E-state index in [1.165, 1.54) is 11.6 Å². The lowest BCUT2D eigenvalue weighted by molar-refractivity contribution is -0.112. The molecule has 0 aromatic heterocycles. The zero-order chi connectivity index (χ0) is 20.4. The molecule has 1 amide bonds. The monoisotopic (exact) mass is 373 g/mol. The molecule has 5 nitrogen and oxygen atoms in total. The first kappa shape index (κ1) is 20.7. The summed E-state index contributed by atoms with van der Waals surface area (Å²) in [5.41, 5.74) is 2.58. The Morgan fingerprint density at radius 2 is 1.82 bits per heavy atom. The van der Waals surface area contributed by atoms with Crippen LogP contribution < -0.4 is 10.1 Å². The molecule has 1 unspecified atom stereocenters. The first-order chi connectivity index (χ1) is 13.5. The highest BCUT2D eigenvalue weighted by atomic mass is 16.5. The van der Waals surface area contributed by atoms with Crippen molar-refractivity contribution in [2.24, 2.45) is 0 Å². The normalized spacial score (nSPS) is 11.8. The molecule has 0 heterocycles. The second-order valence-corrected chi connectivity index (χ2v) is 6.38. The van der Waals surface area contributed by atoms with Crippen molar-refractivity contribution in [2.45, 2.75) is 39.2 Å². The molecule has 0 aliphatic carbocycles. The molecular weight excluding hydrogens is 350 g/mol. The molecule has 5 heteroatoms. The number of hydrogen-bond donors (Lipinski definition) is 1. The van der Waals surface area contributed by atoms with Crippen molar-refractivity contribution in [3.05, 3.63) is 65.2 Å². The van der Waals surface area contributed by atoms with Crippen LogP contribution in [0.15, 0.2) is 54.1 Å². The van der Waals surface area contributed by atoms with Gasteiger partial charge in [-0.1, -0.05) is 37.6 Å². The minimum atomic E-state index is -0.546. The molecule has 0 saturated carbocycles. The molecule has 1 atom stereocenters. The number of carbonyl (C=O) groups is 1. The van der Waals surface area contributed by atoms with Gasteiger partial charge >= 0.3 is 0 Å². The predicted octanol–water partition coefficient (Wildman–Crippen LogP) is 4.87. The SMILES string of the molecule is CCCCc1ccc(NC(=O)/C(C#N)=C\c2ccc(OC(C)C#N)cc2)cc1. The molecule has 0 spiro atoms. The summed E-state index contributed by atoms with van der Waals surface area (Å²) in [5.74, 6) is 0.0968. The number of nitrogens with zero attached hydrogens (tertiary/aromatic N) is 2. The number of nitriles is 2. The van der Waals surface area contributed by atoms with Gasteiger partial charge in [-0.25, -0.2) is 0 Å². The maximum absolute atomic E-state index is 12.4. The molecule has 2 rings (SSSR count). The highest BCUT2D eigenvalue weighted by Gasteiger charge is 2.10. The van der Waals surface area contributed by atoms with Crippen LogP contribution in [0.4, 0.5) is 5.69 Å². The maximum Gasteiger partial charge on any atom is 0.266 e. The fourth-order valence-electron chi connectivity index (χ4n) is 2.52. The Labute approximate surface area is 165 Å². The van der Waals surface area contributed by atoms with Crippen LogP contribution in [0.2, 0.25) is 0 Å². The van der Waals surface area contributed by atoms with Gasteiger partial charge in [-0.15, -0.1) is 0 Å². The average molecular weight is 373 g/mol. The molecule has 0 aliphatic rings. The number of anilines is 1. The minimum Gasteiger partial charge on any atom is -0.476 e. The summed E-state index contributed by atoms with van der Waals surface area (Å²) in [4.78, 5) is 12.4. The third-order valence-electron chi connectivity index (χ3n) is 4.08. The summed E-state index contributed by atoms with van der Waals surface area (Å²) in [6, 6.07) is 18.5. The Morgan fingerprint density at radius 1 is 1.14 bits per heavy atom. The van der Waals surface area contributed by atoms with Crippen LogP contribution in [0, 0.1) is 22.7 Å². The molecule has 0 aliphatic heterocycles. The number of unbranched alkanes of at least 4 members (excludes halogenated alkanes) is 1. The number of rotatable bonds is 8. The van der Waals surface area contributed by atoms with Crippen LogP contribution >= 0.6 is 0 Å². The largest absolute Gasteiger partial charge is 0.476 e. The van der Waals surface area contributed by atoms with Crippen LogP contribution in [0.1, 0.15) is 37.8 Å². The number of benzene rings is 2. The van der Waals surface area contributed by atoms with Gasteiger partial charge in [-0.05, 0) is 61.2 Å². The highest BCUT2D eigenvalue weighted by molar-refractivity contribution is 6.09. The molecule has 2 aromatic rings. The second-order valence-electron chi connectivity index (χ2n) is 6.38. The van der Waals surface area contributed by atoms with Gasteiger partial charge < -0.3 is 10.1 Å². The lowest BCUT2D eigenvalue weighted by Crippen LogP contribution is -2.13. The molecule has 0 bridgehead atoms. The standard InChI is InChI=1S/C23H23N3O2/c1-3-4-5-18-6-10-21(11-7-18)26-23(27)20(16-25)14-19-8-12-22(13-9-19)28-17(2)15-24/h6-14,17H,3-5H2,1-2H3,(H,26,27)/b20-14-. The molecule has 142 valence electrons. The van der Waals surface area contributed by atoms with Crippen molar-refractivity contribution in [2.75, 3.05) is 5.32 Å². The summed E-state index contributed by atoms with van der Waals surface area (Å²) < 4.78 is 5.38. The molecule has 0 fully saturated rings. The zero-order valence-corrected chi connectivity index (χ0v) is 16.1. The number of amides is 1. The second kappa shape index (κ2) is 10.5. The molecule has 2 aromatic carbocycles. The molecule has 28 heavy (non-hydrogen) atoms. The Balaban J connectivity index is 2.04. The van der Waals surface area contributed by atoms with Gasteiger partial charge in [0.05, 0.1) is 0 Å². The van der Waals surface area contributed by atoms with E-state index in [0.29, 0.717) is 17.0 Å². The summed E-state index contributed by atoms with van der Waals surface area (Å²) >= 11 is 0. The van der Waals surface area contributed by atoms with Crippen LogP contribution in [-0.4, -0.2) is 12.0 Å². The molecule has 1 N–H and O–H groups in total. The van der Waals surface area contributed by atoms with Gasteiger partial charge in [0.25, 0.3) is 5.91 Å². The summed E-state index contributed by atoms with van der Waals surface area (Å²) in [5, 5.41) is 20.9. The summed E-state index contributed by atoms with van der Waals surface area (Å²) in [6.07, 6.45) is 4.25. The molecular formula is C23H23N3O2. The quantitative estimate of drug-likeness (QED) is 0.528. The predicted molar refractivity (Wildman–Crippen MR) is 109 cm³/mol. The fourth-order valence-corrected chi connectivity index (χ4v) is 2.52. The summed E-state index contributed by atoms with van der Waals surface area (Å²) in [7, 11) is 0. The van der Waals surface area contributed by atoms with E-state index in [1.807, 2.05) is 36.4 Å². The minimum absolute atomic E-state index is 0.00845. The van der Waals surface area contributed by atoms with E-state index >= 15 is 0 Å². The van der Waals surface area contributed by atoms with Crippen molar-refractivity contribution in [1.29, 1.82) is 10.5 Å².